The Bertz CT molecular complexity index is 370. The summed E-state index contributed by atoms with van der Waals surface area (Å²) in [4.78, 5) is 0. The zero-order valence-electron chi connectivity index (χ0n) is 9.06. The molecule has 2 unspecified atom stereocenters. The third-order valence-electron chi connectivity index (χ3n) is 2.97. The Morgan fingerprint density at radius 1 is 1.38 bits per heavy atom. The highest BCUT2D eigenvalue weighted by Gasteiger charge is 2.19. The first-order valence-corrected chi connectivity index (χ1v) is 6.19. The maximum absolute atomic E-state index is 9.95. The van der Waals surface area contributed by atoms with E-state index in [1.165, 1.54) is 5.56 Å². The molecule has 1 aromatic carbocycles. The number of benzene rings is 1. The molecule has 2 atom stereocenters. The number of nitrogens with one attached hydrogen (secondary N) is 1. The van der Waals surface area contributed by atoms with Gasteiger partial charge in [-0.1, -0.05) is 12.1 Å². The molecule has 0 amide bonds. The van der Waals surface area contributed by atoms with E-state index in [0.29, 0.717) is 12.2 Å². The van der Waals surface area contributed by atoms with Gasteiger partial charge in [-0.3, -0.25) is 0 Å². The van der Waals surface area contributed by atoms with Gasteiger partial charge in [-0.25, -0.2) is 0 Å². The average Bonchev–Trinajstić information content (AvgIpc) is 2.75. The zero-order valence-corrected chi connectivity index (χ0v) is 9.95. The van der Waals surface area contributed by atoms with Gasteiger partial charge in [0.25, 0.3) is 0 Å². The molecule has 0 aliphatic carbocycles. The summed E-state index contributed by atoms with van der Waals surface area (Å²) in [6.07, 6.45) is -0.0546. The summed E-state index contributed by atoms with van der Waals surface area (Å²) in [6, 6.07) is 5.81. The van der Waals surface area contributed by atoms with Gasteiger partial charge < -0.3 is 15.5 Å². The summed E-state index contributed by atoms with van der Waals surface area (Å²) < 4.78 is 0. The first kappa shape index (κ1) is 11.8. The van der Waals surface area contributed by atoms with Crippen LogP contribution in [0.5, 0.6) is 0 Å². The third kappa shape index (κ3) is 2.34. The Morgan fingerprint density at radius 3 is 2.94 bits per heavy atom. The summed E-state index contributed by atoms with van der Waals surface area (Å²) in [6.45, 7) is 0.952. The maximum atomic E-state index is 9.95. The molecule has 0 fully saturated rings. The van der Waals surface area contributed by atoms with Crippen molar-refractivity contribution < 1.29 is 10.2 Å². The molecule has 4 heteroatoms. The van der Waals surface area contributed by atoms with Crippen LogP contribution in [0.15, 0.2) is 18.2 Å². The fraction of sp³-hybridized carbons (Fsp3) is 0.500. The van der Waals surface area contributed by atoms with Gasteiger partial charge in [-0.15, -0.1) is 0 Å². The molecule has 1 aliphatic rings. The number of aliphatic hydroxyl groups excluding tert-OH is 2. The van der Waals surface area contributed by atoms with E-state index in [0.717, 1.165) is 24.2 Å². The molecule has 0 saturated heterocycles. The Balaban J connectivity index is 2.14. The highest BCUT2D eigenvalue weighted by atomic mass is 32.1. The monoisotopic (exact) mass is 239 g/mol. The predicted octanol–water partition coefficient (Wildman–Crippen LogP) is 1.37. The van der Waals surface area contributed by atoms with Crippen molar-refractivity contribution >= 4 is 18.3 Å². The quantitative estimate of drug-likeness (QED) is 0.600. The number of thiol groups is 1. The van der Waals surface area contributed by atoms with Crippen molar-refractivity contribution in [3.8, 4) is 0 Å². The number of rotatable bonds is 4. The zero-order chi connectivity index (χ0) is 11.5. The second-order valence-electron chi connectivity index (χ2n) is 4.12. The molecule has 1 aliphatic heterocycles. The summed E-state index contributed by atoms with van der Waals surface area (Å²) in [7, 11) is 0. The lowest BCUT2D eigenvalue weighted by Crippen LogP contribution is -2.18. The lowest BCUT2D eigenvalue weighted by molar-refractivity contribution is 0.0172. The molecule has 3 N–H and O–H groups in total. The lowest BCUT2D eigenvalue weighted by atomic mass is 9.99. The SMILES string of the molecule is OC(CCS)C(O)c1ccc2c(c1)CCN2. The molecule has 88 valence electrons. The molecule has 1 heterocycles. The fourth-order valence-electron chi connectivity index (χ4n) is 2.02. The van der Waals surface area contributed by atoms with E-state index in [4.69, 9.17) is 0 Å². The van der Waals surface area contributed by atoms with E-state index in [2.05, 4.69) is 17.9 Å². The Morgan fingerprint density at radius 2 is 2.19 bits per heavy atom. The molecule has 3 nitrogen and oxygen atoms in total. The van der Waals surface area contributed by atoms with Crippen LogP contribution in [0, 0.1) is 0 Å². The van der Waals surface area contributed by atoms with Crippen LogP contribution in [0.3, 0.4) is 0 Å². The number of aliphatic hydroxyl groups is 2. The molecule has 1 aromatic rings. The number of hydrogen-bond acceptors (Lipinski definition) is 4. The van der Waals surface area contributed by atoms with Crippen LogP contribution >= 0.6 is 12.6 Å². The van der Waals surface area contributed by atoms with Crippen molar-refractivity contribution in [2.45, 2.75) is 25.0 Å². The minimum Gasteiger partial charge on any atom is -0.390 e. The molecular formula is C12H17NO2S. The summed E-state index contributed by atoms with van der Waals surface area (Å²) in [5.41, 5.74) is 3.14. The van der Waals surface area contributed by atoms with Crippen LogP contribution in [-0.4, -0.2) is 28.6 Å². The lowest BCUT2D eigenvalue weighted by Gasteiger charge is -2.18. The first-order chi connectivity index (χ1) is 7.72. The predicted molar refractivity (Wildman–Crippen MR) is 68.1 cm³/mol. The highest BCUT2D eigenvalue weighted by molar-refractivity contribution is 7.80. The molecule has 0 saturated carbocycles. The van der Waals surface area contributed by atoms with Gasteiger partial charge in [0, 0.05) is 12.2 Å². The first-order valence-electron chi connectivity index (χ1n) is 5.56. The molecule has 0 aromatic heterocycles. The van der Waals surface area contributed by atoms with Gasteiger partial charge in [0.05, 0.1) is 6.10 Å². The van der Waals surface area contributed by atoms with Gasteiger partial charge in [0.2, 0.25) is 0 Å². The van der Waals surface area contributed by atoms with Gasteiger partial charge in [-0.05, 0) is 35.8 Å². The number of fused-ring (bicyclic) bond motifs is 1. The fourth-order valence-corrected chi connectivity index (χ4v) is 2.29. The van der Waals surface area contributed by atoms with Crippen LogP contribution in [-0.2, 0) is 6.42 Å². The third-order valence-corrected chi connectivity index (χ3v) is 3.23. The van der Waals surface area contributed by atoms with Crippen molar-refractivity contribution in [1.29, 1.82) is 0 Å². The van der Waals surface area contributed by atoms with Crippen LogP contribution in [0.4, 0.5) is 5.69 Å². The van der Waals surface area contributed by atoms with E-state index in [-0.39, 0.29) is 0 Å². The average molecular weight is 239 g/mol. The number of anilines is 1. The molecule has 0 radical (unpaired) electrons. The topological polar surface area (TPSA) is 52.5 Å². The Labute approximate surface area is 101 Å². The minimum atomic E-state index is -0.807. The smallest absolute Gasteiger partial charge is 0.105 e. The molecular weight excluding hydrogens is 222 g/mol. The number of hydrogen-bond donors (Lipinski definition) is 4. The van der Waals surface area contributed by atoms with E-state index >= 15 is 0 Å². The molecule has 16 heavy (non-hydrogen) atoms. The van der Waals surface area contributed by atoms with E-state index < -0.39 is 12.2 Å². The largest absolute Gasteiger partial charge is 0.390 e. The summed E-state index contributed by atoms with van der Waals surface area (Å²) in [5, 5.41) is 22.9. The standard InChI is InChI=1S/C12H17NO2S/c14-11(4-6-16)12(15)9-1-2-10-8(7-9)3-5-13-10/h1-2,7,11-16H,3-6H2. The molecule has 0 spiro atoms. The second-order valence-corrected chi connectivity index (χ2v) is 4.57. The van der Waals surface area contributed by atoms with Gasteiger partial charge in [0.15, 0.2) is 0 Å². The van der Waals surface area contributed by atoms with Gasteiger partial charge >= 0.3 is 0 Å². The maximum Gasteiger partial charge on any atom is 0.105 e. The molecule has 2 rings (SSSR count). The van der Waals surface area contributed by atoms with Crippen molar-refractivity contribution in [1.82, 2.24) is 0 Å². The van der Waals surface area contributed by atoms with E-state index in [1.807, 2.05) is 18.2 Å². The van der Waals surface area contributed by atoms with E-state index in [1.54, 1.807) is 0 Å². The van der Waals surface area contributed by atoms with Gasteiger partial charge in [0.1, 0.15) is 6.10 Å². The highest BCUT2D eigenvalue weighted by Crippen LogP contribution is 2.27. The van der Waals surface area contributed by atoms with Crippen LogP contribution in [0.1, 0.15) is 23.7 Å². The van der Waals surface area contributed by atoms with E-state index in [9.17, 15) is 10.2 Å². The Hall–Kier alpha value is -0.710. The summed E-state index contributed by atoms with van der Waals surface area (Å²) in [5.74, 6) is 0.574. The normalized spacial score (nSPS) is 17.7. The Kier molecular flexibility index (Phi) is 3.74. The summed E-state index contributed by atoms with van der Waals surface area (Å²) >= 11 is 4.05. The van der Waals surface area contributed by atoms with Crippen LogP contribution < -0.4 is 5.32 Å². The van der Waals surface area contributed by atoms with Crippen molar-refractivity contribution in [3.05, 3.63) is 29.3 Å². The van der Waals surface area contributed by atoms with Crippen molar-refractivity contribution in [3.63, 3.8) is 0 Å². The molecule has 0 bridgehead atoms. The van der Waals surface area contributed by atoms with Crippen LogP contribution in [0.2, 0.25) is 0 Å². The van der Waals surface area contributed by atoms with Gasteiger partial charge in [-0.2, -0.15) is 12.6 Å². The van der Waals surface area contributed by atoms with Crippen molar-refractivity contribution in [2.75, 3.05) is 17.6 Å². The minimum absolute atomic E-state index is 0.500. The second kappa shape index (κ2) is 5.08. The van der Waals surface area contributed by atoms with Crippen molar-refractivity contribution in [2.24, 2.45) is 0 Å². The van der Waals surface area contributed by atoms with Crippen LogP contribution in [0.25, 0.3) is 0 Å².